The summed E-state index contributed by atoms with van der Waals surface area (Å²) in [7, 11) is 0. The Bertz CT molecular complexity index is 1150. The van der Waals surface area contributed by atoms with Crippen molar-refractivity contribution in [1.82, 2.24) is 19.7 Å². The average molecular weight is 401 g/mol. The first-order valence-electron chi connectivity index (χ1n) is 9.65. The van der Waals surface area contributed by atoms with Crippen LogP contribution in [0.25, 0.3) is 17.1 Å². The fraction of sp³-hybridized carbons (Fsp3) is 0.208. The summed E-state index contributed by atoms with van der Waals surface area (Å²) in [5, 5.41) is 9.96. The van der Waals surface area contributed by atoms with Gasteiger partial charge in [-0.25, -0.2) is 0 Å². The van der Waals surface area contributed by atoms with Gasteiger partial charge >= 0.3 is 0 Å². The summed E-state index contributed by atoms with van der Waals surface area (Å²) in [4.78, 5) is 4.14. The summed E-state index contributed by atoms with van der Waals surface area (Å²) < 4.78 is 2.15. The molecular formula is C24H24N4S. The molecule has 0 aliphatic rings. The minimum absolute atomic E-state index is 0.833. The van der Waals surface area contributed by atoms with Gasteiger partial charge in [-0.1, -0.05) is 41.6 Å². The SMILES string of the molecule is Cc1ccc(C)c(CSc2nnc(-c3ccncc3)n2-c2ccc(C)c(C)c2)c1. The molecule has 0 bridgehead atoms. The molecule has 0 saturated carbocycles. The minimum atomic E-state index is 0.833. The zero-order chi connectivity index (χ0) is 20.4. The van der Waals surface area contributed by atoms with E-state index in [-0.39, 0.29) is 0 Å². The van der Waals surface area contributed by atoms with Crippen molar-refractivity contribution in [2.75, 3.05) is 0 Å². The summed E-state index contributed by atoms with van der Waals surface area (Å²) in [6.45, 7) is 8.56. The highest BCUT2D eigenvalue weighted by Gasteiger charge is 2.17. The highest BCUT2D eigenvalue weighted by atomic mass is 32.2. The van der Waals surface area contributed by atoms with E-state index in [2.05, 4.69) is 83.8 Å². The smallest absolute Gasteiger partial charge is 0.196 e. The van der Waals surface area contributed by atoms with Gasteiger partial charge in [-0.05, 0) is 74.2 Å². The third-order valence-electron chi connectivity index (χ3n) is 5.18. The van der Waals surface area contributed by atoms with Gasteiger partial charge in [0.2, 0.25) is 0 Å². The van der Waals surface area contributed by atoms with Crippen LogP contribution in [0.5, 0.6) is 0 Å². The van der Waals surface area contributed by atoms with E-state index in [0.29, 0.717) is 0 Å². The third kappa shape index (κ3) is 4.10. The van der Waals surface area contributed by atoms with Gasteiger partial charge in [-0.15, -0.1) is 10.2 Å². The summed E-state index contributed by atoms with van der Waals surface area (Å²) in [6.07, 6.45) is 3.58. The highest BCUT2D eigenvalue weighted by molar-refractivity contribution is 7.98. The first-order valence-corrected chi connectivity index (χ1v) is 10.6. The molecule has 29 heavy (non-hydrogen) atoms. The Labute approximate surface area is 176 Å². The summed E-state index contributed by atoms with van der Waals surface area (Å²) in [5.74, 6) is 1.69. The third-order valence-corrected chi connectivity index (χ3v) is 6.16. The van der Waals surface area contributed by atoms with E-state index in [0.717, 1.165) is 28.0 Å². The lowest BCUT2D eigenvalue weighted by Gasteiger charge is -2.13. The number of rotatable bonds is 5. The topological polar surface area (TPSA) is 43.6 Å². The van der Waals surface area contributed by atoms with Crippen LogP contribution in [0.4, 0.5) is 0 Å². The van der Waals surface area contributed by atoms with Crippen molar-refractivity contribution in [3.05, 3.63) is 88.7 Å². The van der Waals surface area contributed by atoms with E-state index in [1.54, 1.807) is 24.2 Å². The molecule has 5 heteroatoms. The zero-order valence-corrected chi connectivity index (χ0v) is 18.0. The second kappa shape index (κ2) is 8.21. The monoisotopic (exact) mass is 400 g/mol. The molecule has 0 N–H and O–H groups in total. The second-order valence-corrected chi connectivity index (χ2v) is 8.31. The molecule has 2 heterocycles. The molecule has 0 radical (unpaired) electrons. The van der Waals surface area contributed by atoms with E-state index < -0.39 is 0 Å². The summed E-state index contributed by atoms with van der Waals surface area (Å²) >= 11 is 1.72. The maximum absolute atomic E-state index is 4.54. The van der Waals surface area contributed by atoms with E-state index in [1.807, 2.05) is 12.1 Å². The van der Waals surface area contributed by atoms with Gasteiger partial charge in [0.05, 0.1) is 5.69 Å². The number of pyridine rings is 1. The van der Waals surface area contributed by atoms with E-state index in [4.69, 9.17) is 0 Å². The predicted octanol–water partition coefficient (Wildman–Crippen LogP) is 5.86. The lowest BCUT2D eigenvalue weighted by Crippen LogP contribution is -2.01. The molecule has 0 aliphatic heterocycles. The van der Waals surface area contributed by atoms with Gasteiger partial charge in [0.15, 0.2) is 11.0 Å². The van der Waals surface area contributed by atoms with Crippen LogP contribution in [0.15, 0.2) is 66.1 Å². The molecule has 0 unspecified atom stereocenters. The molecule has 0 atom stereocenters. The van der Waals surface area contributed by atoms with E-state index >= 15 is 0 Å². The van der Waals surface area contributed by atoms with Crippen LogP contribution in [-0.4, -0.2) is 19.7 Å². The Morgan fingerprint density at radius 2 is 1.55 bits per heavy atom. The second-order valence-electron chi connectivity index (χ2n) is 7.36. The lowest BCUT2D eigenvalue weighted by atomic mass is 10.1. The molecule has 146 valence electrons. The molecule has 0 fully saturated rings. The lowest BCUT2D eigenvalue weighted by molar-refractivity contribution is 0.884. The molecule has 4 nitrogen and oxygen atoms in total. The quantitative estimate of drug-likeness (QED) is 0.394. The van der Waals surface area contributed by atoms with Crippen LogP contribution in [-0.2, 0) is 5.75 Å². The van der Waals surface area contributed by atoms with Crippen molar-refractivity contribution in [2.24, 2.45) is 0 Å². The number of hydrogen-bond donors (Lipinski definition) is 0. The van der Waals surface area contributed by atoms with Gasteiger partial charge in [0.1, 0.15) is 0 Å². The standard InChI is InChI=1S/C24H24N4S/c1-16-5-6-18(3)21(13-16)15-29-24-27-26-23(20-9-11-25-12-10-20)28(24)22-8-7-17(2)19(4)14-22/h5-14H,15H2,1-4H3. The first-order chi connectivity index (χ1) is 14.0. The highest BCUT2D eigenvalue weighted by Crippen LogP contribution is 2.31. The number of aromatic nitrogens is 4. The van der Waals surface area contributed by atoms with Crippen molar-refractivity contribution in [3.8, 4) is 17.1 Å². The number of nitrogens with zero attached hydrogens (tertiary/aromatic N) is 4. The Hall–Kier alpha value is -2.92. The Kier molecular flexibility index (Phi) is 5.49. The van der Waals surface area contributed by atoms with Crippen molar-refractivity contribution >= 4 is 11.8 Å². The van der Waals surface area contributed by atoms with Gasteiger partial charge < -0.3 is 0 Å². The Morgan fingerprint density at radius 3 is 2.31 bits per heavy atom. The van der Waals surface area contributed by atoms with Crippen molar-refractivity contribution in [2.45, 2.75) is 38.6 Å². The maximum atomic E-state index is 4.54. The predicted molar refractivity (Wildman–Crippen MR) is 120 cm³/mol. The van der Waals surface area contributed by atoms with Crippen LogP contribution in [0.2, 0.25) is 0 Å². The molecular weight excluding hydrogens is 376 g/mol. The largest absolute Gasteiger partial charge is 0.270 e. The number of aryl methyl sites for hydroxylation is 4. The molecule has 4 aromatic rings. The van der Waals surface area contributed by atoms with Gasteiger partial charge in [0, 0.05) is 23.7 Å². The Balaban J connectivity index is 1.76. The molecule has 2 aromatic heterocycles. The maximum Gasteiger partial charge on any atom is 0.196 e. The summed E-state index contributed by atoms with van der Waals surface area (Å²) in [6, 6.07) is 17.0. The molecule has 0 aliphatic carbocycles. The van der Waals surface area contributed by atoms with Crippen molar-refractivity contribution in [1.29, 1.82) is 0 Å². The molecule has 0 spiro atoms. The van der Waals surface area contributed by atoms with Crippen LogP contribution < -0.4 is 0 Å². The molecule has 0 saturated heterocycles. The fourth-order valence-corrected chi connectivity index (χ4v) is 4.26. The van der Waals surface area contributed by atoms with Gasteiger partial charge in [-0.3, -0.25) is 9.55 Å². The Morgan fingerprint density at radius 1 is 0.793 bits per heavy atom. The zero-order valence-electron chi connectivity index (χ0n) is 17.2. The fourth-order valence-electron chi connectivity index (χ4n) is 3.25. The van der Waals surface area contributed by atoms with Gasteiger partial charge in [0.25, 0.3) is 0 Å². The average Bonchev–Trinajstić information content (AvgIpc) is 3.15. The normalized spacial score (nSPS) is 11.0. The minimum Gasteiger partial charge on any atom is -0.270 e. The molecule has 4 rings (SSSR count). The number of thioether (sulfide) groups is 1. The van der Waals surface area contributed by atoms with Crippen molar-refractivity contribution in [3.63, 3.8) is 0 Å². The van der Waals surface area contributed by atoms with Crippen LogP contribution in [0, 0.1) is 27.7 Å². The summed E-state index contributed by atoms with van der Waals surface area (Å²) in [5.41, 5.74) is 8.51. The first kappa shape index (κ1) is 19.4. The van der Waals surface area contributed by atoms with E-state index in [9.17, 15) is 0 Å². The van der Waals surface area contributed by atoms with Gasteiger partial charge in [-0.2, -0.15) is 0 Å². The van der Waals surface area contributed by atoms with Crippen LogP contribution in [0.1, 0.15) is 27.8 Å². The van der Waals surface area contributed by atoms with E-state index in [1.165, 1.54) is 27.8 Å². The number of hydrogen-bond acceptors (Lipinski definition) is 4. The van der Waals surface area contributed by atoms with Crippen LogP contribution in [0.3, 0.4) is 0 Å². The molecule has 2 aromatic carbocycles. The van der Waals surface area contributed by atoms with Crippen LogP contribution >= 0.6 is 11.8 Å². The molecule has 0 amide bonds. The van der Waals surface area contributed by atoms with Crippen molar-refractivity contribution < 1.29 is 0 Å². The number of benzene rings is 2.